The number of aliphatic hydroxyl groups excluding tert-OH is 1. The van der Waals surface area contributed by atoms with Crippen LogP contribution in [0.5, 0.6) is 0 Å². The molecule has 0 saturated carbocycles. The molecule has 1 fully saturated rings. The van der Waals surface area contributed by atoms with Gasteiger partial charge in [-0.3, -0.25) is 0 Å². The molecular formula is C14H20BrNOS. The first kappa shape index (κ1) is 14.2. The Kier molecular flexibility index (Phi) is 4.62. The van der Waals surface area contributed by atoms with E-state index in [1.54, 1.807) is 6.92 Å². The number of hydrogen-bond donors (Lipinski definition) is 1. The number of aliphatic hydroxyl groups is 1. The molecular weight excluding hydrogens is 310 g/mol. The summed E-state index contributed by atoms with van der Waals surface area (Å²) in [6.07, 6.45) is -0.412. The highest BCUT2D eigenvalue weighted by Crippen LogP contribution is 2.34. The van der Waals surface area contributed by atoms with Crippen molar-refractivity contribution in [3.8, 4) is 0 Å². The Morgan fingerprint density at radius 2 is 1.94 bits per heavy atom. The molecule has 1 aliphatic rings. The van der Waals surface area contributed by atoms with Crippen molar-refractivity contribution in [1.82, 2.24) is 0 Å². The molecule has 2 rings (SSSR count). The average Bonchev–Trinajstić information content (AvgIpc) is 2.27. The van der Waals surface area contributed by atoms with Gasteiger partial charge in [0, 0.05) is 28.1 Å². The second-order valence-electron chi connectivity index (χ2n) is 5.05. The van der Waals surface area contributed by atoms with E-state index in [9.17, 15) is 5.11 Å². The summed E-state index contributed by atoms with van der Waals surface area (Å²) in [7, 11) is 0. The monoisotopic (exact) mass is 329 g/mol. The van der Waals surface area contributed by atoms with Crippen LogP contribution in [0.1, 0.15) is 32.4 Å². The van der Waals surface area contributed by atoms with E-state index in [0.29, 0.717) is 10.5 Å². The smallest absolute Gasteiger partial charge is 0.0762 e. The van der Waals surface area contributed by atoms with Crippen LogP contribution >= 0.6 is 27.7 Å². The zero-order chi connectivity index (χ0) is 13.3. The average molecular weight is 330 g/mol. The number of halogens is 1. The number of benzene rings is 1. The molecule has 1 saturated heterocycles. The molecule has 100 valence electrons. The molecule has 0 spiro atoms. The molecule has 0 aromatic heterocycles. The van der Waals surface area contributed by atoms with Gasteiger partial charge in [0.2, 0.25) is 0 Å². The van der Waals surface area contributed by atoms with Gasteiger partial charge in [-0.2, -0.15) is 11.8 Å². The molecule has 0 bridgehead atoms. The minimum atomic E-state index is -0.412. The van der Waals surface area contributed by atoms with Crippen LogP contribution < -0.4 is 4.90 Å². The maximum Gasteiger partial charge on any atom is 0.0762 e. The third kappa shape index (κ3) is 3.22. The third-order valence-corrected chi connectivity index (χ3v) is 5.08. The zero-order valence-corrected chi connectivity index (χ0v) is 13.5. The van der Waals surface area contributed by atoms with E-state index in [0.717, 1.165) is 23.1 Å². The van der Waals surface area contributed by atoms with Crippen molar-refractivity contribution in [2.24, 2.45) is 0 Å². The van der Waals surface area contributed by atoms with Gasteiger partial charge in [-0.1, -0.05) is 19.9 Å². The lowest BCUT2D eigenvalue weighted by molar-refractivity contribution is 0.199. The number of thioether (sulfide) groups is 1. The highest BCUT2D eigenvalue weighted by molar-refractivity contribution is 9.10. The number of nitrogens with zero attached hydrogens (tertiary/aromatic N) is 1. The highest BCUT2D eigenvalue weighted by atomic mass is 79.9. The largest absolute Gasteiger partial charge is 0.389 e. The van der Waals surface area contributed by atoms with Crippen molar-refractivity contribution in [2.75, 3.05) is 18.0 Å². The van der Waals surface area contributed by atoms with Crippen molar-refractivity contribution in [1.29, 1.82) is 0 Å². The Hall–Kier alpha value is -0.190. The van der Waals surface area contributed by atoms with Gasteiger partial charge < -0.3 is 10.0 Å². The predicted octanol–water partition coefficient (Wildman–Crippen LogP) is 3.83. The second-order valence-corrected chi connectivity index (χ2v) is 7.79. The minimum Gasteiger partial charge on any atom is -0.389 e. The van der Waals surface area contributed by atoms with E-state index < -0.39 is 6.10 Å². The van der Waals surface area contributed by atoms with Crippen molar-refractivity contribution in [2.45, 2.75) is 37.4 Å². The lowest BCUT2D eigenvalue weighted by Crippen LogP contribution is -2.40. The normalized spacial score (nSPS) is 26.2. The molecule has 1 aliphatic heterocycles. The molecule has 2 unspecified atom stereocenters. The first-order valence-corrected chi connectivity index (χ1v) is 8.09. The van der Waals surface area contributed by atoms with Crippen molar-refractivity contribution in [3.63, 3.8) is 0 Å². The van der Waals surface area contributed by atoms with Crippen molar-refractivity contribution < 1.29 is 5.11 Å². The van der Waals surface area contributed by atoms with E-state index in [2.05, 4.69) is 52.5 Å². The van der Waals surface area contributed by atoms with E-state index in [1.807, 2.05) is 12.1 Å². The second kappa shape index (κ2) is 5.85. The highest BCUT2D eigenvalue weighted by Gasteiger charge is 2.23. The fourth-order valence-corrected chi connectivity index (χ4v) is 4.39. The predicted molar refractivity (Wildman–Crippen MR) is 83.5 cm³/mol. The van der Waals surface area contributed by atoms with Crippen molar-refractivity contribution >= 4 is 33.4 Å². The van der Waals surface area contributed by atoms with Crippen LogP contribution in [0.2, 0.25) is 0 Å². The first-order valence-electron chi connectivity index (χ1n) is 6.35. The van der Waals surface area contributed by atoms with Gasteiger partial charge in [0.1, 0.15) is 0 Å². The summed E-state index contributed by atoms with van der Waals surface area (Å²) in [5.74, 6) is 0. The molecule has 2 nitrogen and oxygen atoms in total. The minimum absolute atomic E-state index is 0.412. The molecule has 1 heterocycles. The van der Waals surface area contributed by atoms with E-state index in [4.69, 9.17) is 0 Å². The number of hydrogen-bond acceptors (Lipinski definition) is 3. The van der Waals surface area contributed by atoms with Crippen LogP contribution in [-0.4, -0.2) is 28.7 Å². The summed E-state index contributed by atoms with van der Waals surface area (Å²) in [4.78, 5) is 2.43. The zero-order valence-electron chi connectivity index (χ0n) is 11.1. The van der Waals surface area contributed by atoms with Gasteiger partial charge in [0.15, 0.2) is 0 Å². The van der Waals surface area contributed by atoms with Gasteiger partial charge in [0.25, 0.3) is 0 Å². The SMILES string of the molecule is CC1CN(c2ccc([C@@H](C)O)cc2Br)CC(C)S1. The van der Waals surface area contributed by atoms with E-state index in [-0.39, 0.29) is 0 Å². The molecule has 0 amide bonds. The Balaban J connectivity index is 2.22. The molecule has 1 N–H and O–H groups in total. The molecule has 4 heteroatoms. The quantitative estimate of drug-likeness (QED) is 0.891. The molecule has 1 aromatic rings. The van der Waals surface area contributed by atoms with Gasteiger partial charge in [-0.05, 0) is 40.5 Å². The number of anilines is 1. The Labute approximate surface area is 122 Å². The summed E-state index contributed by atoms with van der Waals surface area (Å²) in [6.45, 7) is 8.53. The maximum atomic E-state index is 9.60. The summed E-state index contributed by atoms with van der Waals surface area (Å²) in [5.41, 5.74) is 2.19. The summed E-state index contributed by atoms with van der Waals surface area (Å²) >= 11 is 5.69. The summed E-state index contributed by atoms with van der Waals surface area (Å²) < 4.78 is 1.08. The van der Waals surface area contributed by atoms with Gasteiger partial charge in [-0.25, -0.2) is 0 Å². The fourth-order valence-electron chi connectivity index (χ4n) is 2.41. The topological polar surface area (TPSA) is 23.5 Å². The van der Waals surface area contributed by atoms with Gasteiger partial charge in [0.05, 0.1) is 11.8 Å². The molecule has 0 aliphatic carbocycles. The standard InChI is InChI=1S/C14H20BrNOS/c1-9-7-16(8-10(2)18-9)14-5-4-12(11(3)17)6-13(14)15/h4-6,9-11,17H,7-8H2,1-3H3/t9?,10?,11-/m1/s1. The lowest BCUT2D eigenvalue weighted by Gasteiger charge is -2.36. The van der Waals surface area contributed by atoms with Gasteiger partial charge in [-0.15, -0.1) is 0 Å². The van der Waals surface area contributed by atoms with Crippen LogP contribution in [0, 0.1) is 0 Å². The summed E-state index contributed by atoms with van der Waals surface area (Å²) in [5, 5.41) is 10.9. The molecule has 3 atom stereocenters. The van der Waals surface area contributed by atoms with E-state index >= 15 is 0 Å². The van der Waals surface area contributed by atoms with Crippen molar-refractivity contribution in [3.05, 3.63) is 28.2 Å². The molecule has 18 heavy (non-hydrogen) atoms. The van der Waals surface area contributed by atoms with Crippen LogP contribution in [0.15, 0.2) is 22.7 Å². The summed E-state index contributed by atoms with van der Waals surface area (Å²) in [6, 6.07) is 6.15. The maximum absolute atomic E-state index is 9.60. The van der Waals surface area contributed by atoms with E-state index in [1.165, 1.54) is 5.69 Å². The number of rotatable bonds is 2. The molecule has 0 radical (unpaired) electrons. The van der Waals surface area contributed by atoms with Crippen LogP contribution in [0.25, 0.3) is 0 Å². The van der Waals surface area contributed by atoms with Crippen LogP contribution in [0.3, 0.4) is 0 Å². The Bertz CT molecular complexity index is 414. The van der Waals surface area contributed by atoms with Crippen LogP contribution in [0.4, 0.5) is 5.69 Å². The molecule has 1 aromatic carbocycles. The Morgan fingerprint density at radius 3 is 2.44 bits per heavy atom. The first-order chi connectivity index (χ1) is 8.47. The van der Waals surface area contributed by atoms with Gasteiger partial charge >= 0.3 is 0 Å². The Morgan fingerprint density at radius 1 is 1.33 bits per heavy atom. The lowest BCUT2D eigenvalue weighted by atomic mass is 10.1. The van der Waals surface area contributed by atoms with Crippen LogP contribution in [-0.2, 0) is 0 Å². The fraction of sp³-hybridized carbons (Fsp3) is 0.571. The third-order valence-electron chi connectivity index (χ3n) is 3.21.